The number of likely N-dealkylation sites (N-methyl/N-ethyl adjacent to an activating group) is 1. The van der Waals surface area contributed by atoms with Crippen LogP contribution in [0.3, 0.4) is 0 Å². The second-order valence-corrected chi connectivity index (χ2v) is 5.99. The van der Waals surface area contributed by atoms with Gasteiger partial charge in [0.15, 0.2) is 11.5 Å². The Hall–Kier alpha value is -2.00. The summed E-state index contributed by atoms with van der Waals surface area (Å²) < 4.78 is 11.0. The van der Waals surface area contributed by atoms with Crippen molar-refractivity contribution in [3.63, 3.8) is 0 Å². The fraction of sp³-hybridized carbons (Fsp3) is 0.368. The molecule has 3 nitrogen and oxygen atoms in total. The van der Waals surface area contributed by atoms with Gasteiger partial charge in [0.25, 0.3) is 0 Å². The average Bonchev–Trinajstić information content (AvgIpc) is 2.54. The highest BCUT2D eigenvalue weighted by Gasteiger charge is 2.31. The molecule has 22 heavy (non-hydrogen) atoms. The lowest BCUT2D eigenvalue weighted by molar-refractivity contribution is 0.242. The number of benzene rings is 2. The van der Waals surface area contributed by atoms with Crippen LogP contribution in [0.25, 0.3) is 0 Å². The van der Waals surface area contributed by atoms with Crippen LogP contribution < -0.4 is 9.47 Å². The highest BCUT2D eigenvalue weighted by Crippen LogP contribution is 2.43. The second kappa shape index (κ2) is 6.01. The van der Waals surface area contributed by atoms with Gasteiger partial charge in [0.2, 0.25) is 0 Å². The summed E-state index contributed by atoms with van der Waals surface area (Å²) in [4.78, 5) is 2.41. The van der Waals surface area contributed by atoms with E-state index >= 15 is 0 Å². The molecule has 0 aliphatic carbocycles. The lowest BCUT2D eigenvalue weighted by Crippen LogP contribution is -2.34. The van der Waals surface area contributed by atoms with Crippen LogP contribution in [0.4, 0.5) is 0 Å². The molecule has 0 N–H and O–H groups in total. The summed E-state index contributed by atoms with van der Waals surface area (Å²) in [5.41, 5.74) is 3.97. The minimum absolute atomic E-state index is 0.257. The number of fused-ring (bicyclic) bond motifs is 1. The van der Waals surface area contributed by atoms with Crippen molar-refractivity contribution in [2.24, 2.45) is 0 Å². The smallest absolute Gasteiger partial charge is 0.161 e. The fourth-order valence-corrected chi connectivity index (χ4v) is 3.52. The monoisotopic (exact) mass is 297 g/mol. The van der Waals surface area contributed by atoms with Gasteiger partial charge < -0.3 is 9.47 Å². The summed E-state index contributed by atoms with van der Waals surface area (Å²) in [6, 6.07) is 15.2. The first kappa shape index (κ1) is 14.9. The fourth-order valence-electron chi connectivity index (χ4n) is 3.52. The number of methoxy groups -OCH3 is 2. The number of rotatable bonds is 3. The summed E-state index contributed by atoms with van der Waals surface area (Å²) in [5.74, 6) is 2.08. The van der Waals surface area contributed by atoms with Gasteiger partial charge in [-0.25, -0.2) is 0 Å². The quantitative estimate of drug-likeness (QED) is 0.859. The molecule has 116 valence electrons. The van der Waals surface area contributed by atoms with Crippen molar-refractivity contribution in [2.75, 3.05) is 27.8 Å². The van der Waals surface area contributed by atoms with Crippen LogP contribution in [0.2, 0.25) is 0 Å². The van der Waals surface area contributed by atoms with Crippen LogP contribution in [0.15, 0.2) is 42.5 Å². The number of ether oxygens (including phenoxy) is 2. The third kappa shape index (κ3) is 2.46. The van der Waals surface area contributed by atoms with E-state index < -0.39 is 0 Å². The Balaban J connectivity index is 2.17. The van der Waals surface area contributed by atoms with Crippen LogP contribution in [0, 0.1) is 0 Å². The molecule has 0 bridgehead atoms. The van der Waals surface area contributed by atoms with Gasteiger partial charge in [-0.15, -0.1) is 0 Å². The average molecular weight is 297 g/mol. The summed E-state index contributed by atoms with van der Waals surface area (Å²) in [6.45, 7) is 3.30. The second-order valence-electron chi connectivity index (χ2n) is 5.99. The molecule has 0 radical (unpaired) electrons. The largest absolute Gasteiger partial charge is 0.493 e. The molecule has 1 heterocycles. The molecule has 0 saturated carbocycles. The molecule has 2 aromatic rings. The summed E-state index contributed by atoms with van der Waals surface area (Å²) in [5, 5.41) is 0. The van der Waals surface area contributed by atoms with Crippen molar-refractivity contribution in [3.05, 3.63) is 59.2 Å². The molecular formula is C19H23NO2. The lowest BCUT2D eigenvalue weighted by Gasteiger charge is -2.38. The van der Waals surface area contributed by atoms with E-state index in [0.717, 1.165) is 18.0 Å². The van der Waals surface area contributed by atoms with Crippen LogP contribution in [-0.4, -0.2) is 32.7 Å². The minimum atomic E-state index is 0.257. The van der Waals surface area contributed by atoms with Crippen LogP contribution in [0.5, 0.6) is 11.5 Å². The Labute approximate surface area is 132 Å². The SMILES string of the molecule is COc1cc2c(cc1OC)[C@@H](C)CN(C)[C@H]2c1ccccc1. The third-order valence-electron chi connectivity index (χ3n) is 4.53. The molecule has 1 aliphatic rings. The van der Waals surface area contributed by atoms with Crippen LogP contribution in [-0.2, 0) is 0 Å². The van der Waals surface area contributed by atoms with E-state index in [9.17, 15) is 0 Å². The predicted octanol–water partition coefficient (Wildman–Crippen LogP) is 3.84. The Morgan fingerprint density at radius 1 is 0.955 bits per heavy atom. The van der Waals surface area contributed by atoms with E-state index in [2.05, 4.69) is 61.3 Å². The maximum absolute atomic E-state index is 5.51. The maximum Gasteiger partial charge on any atom is 0.161 e. The third-order valence-corrected chi connectivity index (χ3v) is 4.53. The van der Waals surface area contributed by atoms with Crippen LogP contribution >= 0.6 is 0 Å². The molecule has 0 unspecified atom stereocenters. The van der Waals surface area contributed by atoms with Crippen molar-refractivity contribution < 1.29 is 9.47 Å². The molecule has 2 aromatic carbocycles. The van der Waals surface area contributed by atoms with Gasteiger partial charge in [0, 0.05) is 6.54 Å². The van der Waals surface area contributed by atoms with Gasteiger partial charge in [-0.05, 0) is 41.8 Å². The van der Waals surface area contributed by atoms with Gasteiger partial charge in [0.1, 0.15) is 0 Å². The molecule has 0 fully saturated rings. The number of hydrogen-bond acceptors (Lipinski definition) is 3. The zero-order valence-electron chi connectivity index (χ0n) is 13.7. The first-order chi connectivity index (χ1) is 10.7. The molecule has 2 atom stereocenters. The minimum Gasteiger partial charge on any atom is -0.493 e. The Kier molecular flexibility index (Phi) is 4.08. The Bertz CT molecular complexity index is 654. The molecule has 0 spiro atoms. The Morgan fingerprint density at radius 3 is 2.14 bits per heavy atom. The molecule has 3 heteroatoms. The normalized spacial score (nSPS) is 21.3. The van der Waals surface area contributed by atoms with Crippen molar-refractivity contribution in [3.8, 4) is 11.5 Å². The van der Waals surface area contributed by atoms with E-state index in [-0.39, 0.29) is 6.04 Å². The van der Waals surface area contributed by atoms with Gasteiger partial charge in [-0.2, -0.15) is 0 Å². The summed E-state index contributed by atoms with van der Waals surface area (Å²) in [7, 11) is 5.57. The Morgan fingerprint density at radius 2 is 1.55 bits per heavy atom. The van der Waals surface area contributed by atoms with E-state index in [1.165, 1.54) is 16.7 Å². The number of nitrogens with zero attached hydrogens (tertiary/aromatic N) is 1. The van der Waals surface area contributed by atoms with Crippen molar-refractivity contribution >= 4 is 0 Å². The maximum atomic E-state index is 5.51. The van der Waals surface area contributed by atoms with Crippen molar-refractivity contribution in [2.45, 2.75) is 18.9 Å². The standard InChI is InChI=1S/C19H23NO2/c1-13-12-20(2)19(14-8-6-5-7-9-14)16-11-18(22-4)17(21-3)10-15(13)16/h5-11,13,19H,12H2,1-4H3/t13-,19-/m0/s1. The topological polar surface area (TPSA) is 21.7 Å². The summed E-state index contributed by atoms with van der Waals surface area (Å²) >= 11 is 0. The van der Waals surface area contributed by atoms with Crippen molar-refractivity contribution in [1.29, 1.82) is 0 Å². The van der Waals surface area contributed by atoms with E-state index in [4.69, 9.17) is 9.47 Å². The van der Waals surface area contributed by atoms with Gasteiger partial charge >= 0.3 is 0 Å². The molecule has 1 aliphatic heterocycles. The molecule has 0 aromatic heterocycles. The van der Waals surface area contributed by atoms with E-state index in [1.807, 2.05) is 0 Å². The van der Waals surface area contributed by atoms with E-state index in [0.29, 0.717) is 5.92 Å². The van der Waals surface area contributed by atoms with Gasteiger partial charge in [0.05, 0.1) is 20.3 Å². The molecule has 3 rings (SSSR count). The highest BCUT2D eigenvalue weighted by atomic mass is 16.5. The first-order valence-electron chi connectivity index (χ1n) is 7.66. The zero-order valence-corrected chi connectivity index (χ0v) is 13.7. The molecule has 0 amide bonds. The van der Waals surface area contributed by atoms with Crippen molar-refractivity contribution in [1.82, 2.24) is 4.90 Å². The highest BCUT2D eigenvalue weighted by molar-refractivity contribution is 5.52. The lowest BCUT2D eigenvalue weighted by atomic mass is 9.83. The van der Waals surface area contributed by atoms with Crippen LogP contribution in [0.1, 0.15) is 35.6 Å². The van der Waals surface area contributed by atoms with Gasteiger partial charge in [-0.1, -0.05) is 37.3 Å². The van der Waals surface area contributed by atoms with Gasteiger partial charge in [-0.3, -0.25) is 4.90 Å². The van der Waals surface area contributed by atoms with E-state index in [1.54, 1.807) is 14.2 Å². The predicted molar refractivity (Wildman–Crippen MR) is 88.9 cm³/mol. The molecule has 0 saturated heterocycles. The number of hydrogen-bond donors (Lipinski definition) is 0. The molecular weight excluding hydrogens is 274 g/mol. The summed E-state index contributed by atoms with van der Waals surface area (Å²) in [6.07, 6.45) is 0. The zero-order chi connectivity index (χ0) is 15.7. The first-order valence-corrected chi connectivity index (χ1v) is 7.66.